The summed E-state index contributed by atoms with van der Waals surface area (Å²) in [6, 6.07) is 18.0. The lowest BCUT2D eigenvalue weighted by molar-refractivity contribution is -0.364. The highest BCUT2D eigenvalue weighted by atomic mass is 32.2. The molecular formula is C27H26N3SSi+. The van der Waals surface area contributed by atoms with E-state index in [1.54, 1.807) is 4.53 Å². The number of aromatic nitrogens is 1. The standard InChI is InChI=1S/C27H26N3SSi/c1-15-16-10-6-7-11-17(16)21-18-12-8-9-13-19(18)30-24(21)20(15)23-22-25(30)27(32(3,4)5)31-26(22)28-14-29(23)2/h6-14,22,26H,1-5H3/q+1. The van der Waals surface area contributed by atoms with E-state index in [1.807, 2.05) is 11.8 Å². The SMILES string of the molecule is Cc1c2c3c(c4ccccc14)c1ccccc1n3C1=C([Si](C)(C)C)SC3N=C[N+](C)=C2C13. The van der Waals surface area contributed by atoms with Gasteiger partial charge in [-0.3, -0.25) is 0 Å². The number of rotatable bonds is 1. The molecule has 32 heavy (non-hydrogen) atoms. The number of hydrogen-bond donors (Lipinski definition) is 0. The van der Waals surface area contributed by atoms with E-state index in [2.05, 4.69) is 97.6 Å². The highest BCUT2D eigenvalue weighted by Gasteiger charge is 2.53. The fourth-order valence-electron chi connectivity index (χ4n) is 6.14. The Morgan fingerprint density at radius 3 is 2.41 bits per heavy atom. The first-order valence-electron chi connectivity index (χ1n) is 11.4. The van der Waals surface area contributed by atoms with Gasteiger partial charge in [-0.25, -0.2) is 4.58 Å². The lowest BCUT2D eigenvalue weighted by Crippen LogP contribution is -2.39. The third-order valence-electron chi connectivity index (χ3n) is 7.38. The molecule has 3 aliphatic heterocycles. The highest BCUT2D eigenvalue weighted by molar-refractivity contribution is 8.06. The van der Waals surface area contributed by atoms with Crippen LogP contribution in [0.5, 0.6) is 0 Å². The Morgan fingerprint density at radius 1 is 0.969 bits per heavy atom. The molecule has 4 heterocycles. The van der Waals surface area contributed by atoms with Crippen LogP contribution in [0.2, 0.25) is 19.6 Å². The fourth-order valence-corrected chi connectivity index (χ4v) is 10.0. The van der Waals surface area contributed by atoms with Gasteiger partial charge in [0.25, 0.3) is 6.34 Å². The van der Waals surface area contributed by atoms with Crippen molar-refractivity contribution in [3.05, 3.63) is 64.2 Å². The van der Waals surface area contributed by atoms with Gasteiger partial charge in [0.2, 0.25) is 5.37 Å². The van der Waals surface area contributed by atoms with Gasteiger partial charge in [-0.15, -0.1) is 0 Å². The van der Waals surface area contributed by atoms with E-state index in [0.29, 0.717) is 5.92 Å². The van der Waals surface area contributed by atoms with Crippen LogP contribution in [-0.4, -0.2) is 41.7 Å². The van der Waals surface area contributed by atoms with E-state index >= 15 is 0 Å². The largest absolute Gasteiger partial charge is 0.311 e. The third-order valence-corrected chi connectivity index (χ3v) is 12.3. The van der Waals surface area contributed by atoms with Crippen molar-refractivity contribution in [2.45, 2.75) is 31.9 Å². The van der Waals surface area contributed by atoms with Gasteiger partial charge in [-0.1, -0.05) is 78.9 Å². The maximum absolute atomic E-state index is 5.02. The van der Waals surface area contributed by atoms with Gasteiger partial charge in [0, 0.05) is 22.0 Å². The van der Waals surface area contributed by atoms with Crippen LogP contribution in [0.15, 0.2) is 58.1 Å². The van der Waals surface area contributed by atoms with Crippen LogP contribution >= 0.6 is 11.8 Å². The van der Waals surface area contributed by atoms with Crippen LogP contribution in [0.4, 0.5) is 0 Å². The van der Waals surface area contributed by atoms with E-state index in [9.17, 15) is 0 Å². The molecule has 7 rings (SSSR count). The molecule has 0 N–H and O–H groups in total. The number of benzene rings is 3. The number of para-hydroxylation sites is 1. The van der Waals surface area contributed by atoms with E-state index in [1.165, 1.54) is 55.1 Å². The van der Waals surface area contributed by atoms with Crippen LogP contribution in [0, 0.1) is 12.8 Å². The second-order valence-corrected chi connectivity index (χ2v) is 16.8. The Morgan fingerprint density at radius 2 is 1.66 bits per heavy atom. The van der Waals surface area contributed by atoms with Crippen LogP contribution in [0.3, 0.4) is 0 Å². The van der Waals surface area contributed by atoms with Crippen molar-refractivity contribution in [2.24, 2.45) is 10.9 Å². The molecule has 2 atom stereocenters. The molecule has 0 saturated carbocycles. The number of thioether (sulfide) groups is 1. The average molecular weight is 453 g/mol. The summed E-state index contributed by atoms with van der Waals surface area (Å²) in [6.07, 6.45) is 2.06. The lowest BCUT2D eigenvalue weighted by Gasteiger charge is -2.31. The second-order valence-electron chi connectivity index (χ2n) is 10.3. The highest BCUT2D eigenvalue weighted by Crippen LogP contribution is 2.56. The fraction of sp³-hybridized carbons (Fsp3) is 0.259. The lowest BCUT2D eigenvalue weighted by atomic mass is 9.83. The van der Waals surface area contributed by atoms with Crippen molar-refractivity contribution in [2.75, 3.05) is 7.05 Å². The summed E-state index contributed by atoms with van der Waals surface area (Å²) in [4.78, 5) is 5.02. The van der Waals surface area contributed by atoms with Crippen molar-refractivity contribution >= 4 is 70.2 Å². The van der Waals surface area contributed by atoms with Gasteiger partial charge in [0.05, 0.1) is 26.2 Å². The van der Waals surface area contributed by atoms with Gasteiger partial charge in [0.15, 0.2) is 0 Å². The number of aliphatic imine (C=N–C) groups is 1. The quantitative estimate of drug-likeness (QED) is 0.239. The Balaban J connectivity index is 1.84. The topological polar surface area (TPSA) is 20.3 Å². The van der Waals surface area contributed by atoms with Gasteiger partial charge in [-0.2, -0.15) is 0 Å². The van der Waals surface area contributed by atoms with Crippen molar-refractivity contribution in [3.8, 4) is 0 Å². The zero-order chi connectivity index (χ0) is 21.9. The Labute approximate surface area is 193 Å². The van der Waals surface area contributed by atoms with Crippen LogP contribution in [0.1, 0.15) is 11.1 Å². The molecular weight excluding hydrogens is 426 g/mol. The Bertz CT molecular complexity index is 1610. The van der Waals surface area contributed by atoms with Gasteiger partial charge in [-0.05, 0) is 33.9 Å². The summed E-state index contributed by atoms with van der Waals surface area (Å²) in [5.74, 6) is 0.308. The molecule has 0 spiro atoms. The molecule has 0 fully saturated rings. The second kappa shape index (κ2) is 6.03. The predicted octanol–water partition coefficient (Wildman–Crippen LogP) is 6.48. The van der Waals surface area contributed by atoms with Crippen LogP contribution in [0.25, 0.3) is 38.3 Å². The molecule has 3 aromatic carbocycles. The van der Waals surface area contributed by atoms with Crippen molar-refractivity contribution in [1.29, 1.82) is 0 Å². The number of fused-ring (bicyclic) bond motifs is 7. The first-order chi connectivity index (χ1) is 15.4. The molecule has 0 radical (unpaired) electrons. The monoisotopic (exact) mass is 452 g/mol. The summed E-state index contributed by atoms with van der Waals surface area (Å²) >= 11 is 2.03. The van der Waals surface area contributed by atoms with Crippen LogP contribution in [-0.2, 0) is 0 Å². The predicted molar refractivity (Wildman–Crippen MR) is 142 cm³/mol. The molecule has 4 aromatic rings. The number of hydrogen-bond acceptors (Lipinski definition) is 2. The maximum atomic E-state index is 5.02. The Kier molecular flexibility index (Phi) is 3.56. The molecule has 0 aliphatic carbocycles. The molecule has 5 heteroatoms. The van der Waals surface area contributed by atoms with Crippen molar-refractivity contribution in [3.63, 3.8) is 0 Å². The minimum atomic E-state index is -1.56. The molecule has 2 unspecified atom stereocenters. The molecule has 0 saturated heterocycles. The van der Waals surface area contributed by atoms with E-state index in [0.717, 1.165) is 0 Å². The summed E-state index contributed by atoms with van der Waals surface area (Å²) in [7, 11) is 0.619. The zero-order valence-corrected chi connectivity index (χ0v) is 20.9. The third kappa shape index (κ3) is 2.14. The normalized spacial score (nSPS) is 22.0. The zero-order valence-electron chi connectivity index (χ0n) is 19.1. The minimum absolute atomic E-state index is 0.244. The summed E-state index contributed by atoms with van der Waals surface area (Å²) < 4.78 is 6.55. The van der Waals surface area contributed by atoms with Crippen molar-refractivity contribution < 1.29 is 4.58 Å². The number of nitrogens with zero attached hydrogens (tertiary/aromatic N) is 3. The van der Waals surface area contributed by atoms with Crippen LogP contribution < -0.4 is 0 Å². The first-order valence-corrected chi connectivity index (χ1v) is 15.8. The molecule has 0 amide bonds. The van der Waals surface area contributed by atoms with E-state index in [-0.39, 0.29) is 5.37 Å². The summed E-state index contributed by atoms with van der Waals surface area (Å²) in [5, 5.41) is 5.73. The average Bonchev–Trinajstić information content (AvgIpc) is 3.32. The molecule has 0 bridgehead atoms. The van der Waals surface area contributed by atoms with Gasteiger partial charge >= 0.3 is 0 Å². The smallest absolute Gasteiger partial charge is 0.281 e. The first kappa shape index (κ1) is 18.9. The summed E-state index contributed by atoms with van der Waals surface area (Å²) in [5.41, 5.74) is 8.47. The molecule has 3 nitrogen and oxygen atoms in total. The van der Waals surface area contributed by atoms with E-state index in [4.69, 9.17) is 4.99 Å². The minimum Gasteiger partial charge on any atom is -0.311 e. The maximum Gasteiger partial charge on any atom is 0.281 e. The molecule has 158 valence electrons. The van der Waals surface area contributed by atoms with Gasteiger partial charge in [0.1, 0.15) is 11.6 Å². The molecule has 1 aromatic heterocycles. The van der Waals surface area contributed by atoms with E-state index < -0.39 is 8.07 Å². The number of aryl methyl sites for hydroxylation is 1. The van der Waals surface area contributed by atoms with Crippen molar-refractivity contribution in [1.82, 2.24) is 4.57 Å². The molecule has 3 aliphatic rings. The van der Waals surface area contributed by atoms with Gasteiger partial charge < -0.3 is 4.57 Å². The Hall–Kier alpha value is -2.63. The summed E-state index contributed by atoms with van der Waals surface area (Å²) in [6.45, 7) is 9.77.